The number of aliphatic hydroxyl groups is 1. The summed E-state index contributed by atoms with van der Waals surface area (Å²) in [7, 11) is 0. The van der Waals surface area contributed by atoms with Gasteiger partial charge in [-0.05, 0) is 43.0 Å². The van der Waals surface area contributed by atoms with E-state index in [0.29, 0.717) is 13.0 Å². The predicted octanol–water partition coefficient (Wildman–Crippen LogP) is 2.20. The van der Waals surface area contributed by atoms with Crippen LogP contribution in [0.1, 0.15) is 24.8 Å². The molecule has 1 aromatic carbocycles. The van der Waals surface area contributed by atoms with Gasteiger partial charge in [-0.3, -0.25) is 4.79 Å². The number of rotatable bonds is 5. The van der Waals surface area contributed by atoms with Crippen molar-refractivity contribution in [3.05, 3.63) is 48.3 Å². The fraction of sp³-hybridized carbons (Fsp3) is 0.438. The number of hydrogen-bond donors (Lipinski definition) is 2. The standard InChI is InChI=1S/C16H20FNO2/c1-2-15(20)18-11-16(9-3-4-14(16)19)10-12-5-7-13(17)8-6-12/h2,5-8,14,19H,1,3-4,9-11H2,(H,18,20). The molecule has 1 aliphatic carbocycles. The summed E-state index contributed by atoms with van der Waals surface area (Å²) in [6.45, 7) is 3.84. The molecule has 1 amide bonds. The maximum atomic E-state index is 13.0. The number of carbonyl (C=O) groups is 1. The number of halogens is 1. The quantitative estimate of drug-likeness (QED) is 0.811. The van der Waals surface area contributed by atoms with Crippen LogP contribution >= 0.6 is 0 Å². The van der Waals surface area contributed by atoms with Gasteiger partial charge in [-0.2, -0.15) is 0 Å². The van der Waals surface area contributed by atoms with E-state index in [-0.39, 0.29) is 17.1 Å². The Kier molecular flexibility index (Phi) is 4.55. The largest absolute Gasteiger partial charge is 0.392 e. The Hall–Kier alpha value is -1.68. The number of carbonyl (C=O) groups excluding carboxylic acids is 1. The molecular formula is C16H20FNO2. The Balaban J connectivity index is 2.12. The zero-order valence-corrected chi connectivity index (χ0v) is 11.4. The number of hydrogen-bond acceptors (Lipinski definition) is 2. The fourth-order valence-electron chi connectivity index (χ4n) is 2.94. The molecule has 1 aromatic rings. The third-order valence-electron chi connectivity index (χ3n) is 4.13. The minimum atomic E-state index is -0.447. The first-order valence-electron chi connectivity index (χ1n) is 6.88. The second-order valence-electron chi connectivity index (χ2n) is 5.50. The van der Waals surface area contributed by atoms with Crippen molar-refractivity contribution in [1.82, 2.24) is 5.32 Å². The van der Waals surface area contributed by atoms with Crippen molar-refractivity contribution < 1.29 is 14.3 Å². The van der Waals surface area contributed by atoms with E-state index >= 15 is 0 Å². The molecule has 3 nitrogen and oxygen atoms in total. The van der Waals surface area contributed by atoms with Gasteiger partial charge in [0.15, 0.2) is 0 Å². The summed E-state index contributed by atoms with van der Waals surface area (Å²) in [6, 6.07) is 6.31. The minimum Gasteiger partial charge on any atom is -0.392 e. The van der Waals surface area contributed by atoms with Gasteiger partial charge in [-0.25, -0.2) is 4.39 Å². The van der Waals surface area contributed by atoms with Crippen LogP contribution in [0.2, 0.25) is 0 Å². The molecule has 2 atom stereocenters. The summed E-state index contributed by atoms with van der Waals surface area (Å²) in [5, 5.41) is 13.1. The van der Waals surface area contributed by atoms with E-state index in [1.807, 2.05) is 0 Å². The van der Waals surface area contributed by atoms with Gasteiger partial charge in [0, 0.05) is 12.0 Å². The maximum absolute atomic E-state index is 13.0. The van der Waals surface area contributed by atoms with Crippen LogP contribution in [0.5, 0.6) is 0 Å². The lowest BCUT2D eigenvalue weighted by molar-refractivity contribution is -0.117. The molecule has 2 N–H and O–H groups in total. The smallest absolute Gasteiger partial charge is 0.243 e. The van der Waals surface area contributed by atoms with E-state index in [0.717, 1.165) is 24.8 Å². The molecular weight excluding hydrogens is 257 g/mol. The molecule has 0 spiro atoms. The molecule has 4 heteroatoms. The van der Waals surface area contributed by atoms with Gasteiger partial charge in [0.1, 0.15) is 5.82 Å². The Bertz CT molecular complexity index is 486. The molecule has 0 bridgehead atoms. The van der Waals surface area contributed by atoms with Crippen LogP contribution in [-0.2, 0) is 11.2 Å². The third kappa shape index (κ3) is 3.25. The molecule has 20 heavy (non-hydrogen) atoms. The van der Waals surface area contributed by atoms with E-state index in [1.54, 1.807) is 12.1 Å². The van der Waals surface area contributed by atoms with Crippen molar-refractivity contribution in [2.75, 3.05) is 6.54 Å². The maximum Gasteiger partial charge on any atom is 0.243 e. The zero-order chi connectivity index (χ0) is 14.6. The van der Waals surface area contributed by atoms with Crippen molar-refractivity contribution in [2.24, 2.45) is 5.41 Å². The summed E-state index contributed by atoms with van der Waals surface area (Å²) >= 11 is 0. The van der Waals surface area contributed by atoms with Crippen molar-refractivity contribution >= 4 is 5.91 Å². The molecule has 108 valence electrons. The summed E-state index contributed by atoms with van der Waals surface area (Å²) < 4.78 is 13.0. The average molecular weight is 277 g/mol. The van der Waals surface area contributed by atoms with Crippen LogP contribution in [0.4, 0.5) is 4.39 Å². The van der Waals surface area contributed by atoms with E-state index < -0.39 is 6.10 Å². The summed E-state index contributed by atoms with van der Waals surface area (Å²) in [6.07, 6.45) is 3.94. The monoisotopic (exact) mass is 277 g/mol. The highest BCUT2D eigenvalue weighted by Gasteiger charge is 2.42. The number of aliphatic hydroxyl groups excluding tert-OH is 1. The van der Waals surface area contributed by atoms with Gasteiger partial charge in [-0.1, -0.05) is 25.1 Å². The third-order valence-corrected chi connectivity index (χ3v) is 4.13. The highest BCUT2D eigenvalue weighted by Crippen LogP contribution is 2.40. The summed E-state index contributed by atoms with van der Waals surface area (Å²) in [4.78, 5) is 11.4. The Morgan fingerprint density at radius 2 is 2.20 bits per heavy atom. The Labute approximate surface area is 118 Å². The SMILES string of the molecule is C=CC(=O)NCC1(Cc2ccc(F)cc2)CCCC1O. The highest BCUT2D eigenvalue weighted by molar-refractivity contribution is 5.86. The highest BCUT2D eigenvalue weighted by atomic mass is 19.1. The molecule has 1 aliphatic rings. The first kappa shape index (κ1) is 14.7. The first-order chi connectivity index (χ1) is 9.55. The van der Waals surface area contributed by atoms with E-state index in [2.05, 4.69) is 11.9 Å². The molecule has 1 saturated carbocycles. The molecule has 2 rings (SSSR count). The molecule has 0 saturated heterocycles. The zero-order valence-electron chi connectivity index (χ0n) is 11.4. The van der Waals surface area contributed by atoms with Crippen LogP contribution in [0, 0.1) is 11.2 Å². The van der Waals surface area contributed by atoms with Crippen molar-refractivity contribution in [1.29, 1.82) is 0 Å². The van der Waals surface area contributed by atoms with Gasteiger partial charge in [0.05, 0.1) is 6.10 Å². The predicted molar refractivity (Wildman–Crippen MR) is 75.6 cm³/mol. The molecule has 0 heterocycles. The van der Waals surface area contributed by atoms with Crippen LogP contribution in [0.15, 0.2) is 36.9 Å². The molecule has 0 aliphatic heterocycles. The van der Waals surface area contributed by atoms with Crippen LogP contribution in [0.3, 0.4) is 0 Å². The lowest BCUT2D eigenvalue weighted by Gasteiger charge is -2.33. The topological polar surface area (TPSA) is 49.3 Å². The van der Waals surface area contributed by atoms with Gasteiger partial charge >= 0.3 is 0 Å². The van der Waals surface area contributed by atoms with Crippen molar-refractivity contribution in [3.63, 3.8) is 0 Å². The number of nitrogens with one attached hydrogen (secondary N) is 1. The fourth-order valence-corrected chi connectivity index (χ4v) is 2.94. The van der Waals surface area contributed by atoms with E-state index in [4.69, 9.17) is 0 Å². The van der Waals surface area contributed by atoms with Gasteiger partial charge < -0.3 is 10.4 Å². The normalized spacial score (nSPS) is 25.4. The average Bonchev–Trinajstić information content (AvgIpc) is 2.80. The molecule has 0 aromatic heterocycles. The summed E-state index contributed by atoms with van der Waals surface area (Å²) in [5.41, 5.74) is 0.608. The van der Waals surface area contributed by atoms with Crippen LogP contribution in [0.25, 0.3) is 0 Å². The second-order valence-corrected chi connectivity index (χ2v) is 5.50. The first-order valence-corrected chi connectivity index (χ1v) is 6.88. The van der Waals surface area contributed by atoms with Crippen molar-refractivity contribution in [3.8, 4) is 0 Å². The lowest BCUT2D eigenvalue weighted by Crippen LogP contribution is -2.43. The van der Waals surface area contributed by atoms with Crippen LogP contribution in [-0.4, -0.2) is 23.7 Å². The molecule has 1 fully saturated rings. The number of amides is 1. The van der Waals surface area contributed by atoms with Gasteiger partial charge in [0.25, 0.3) is 0 Å². The minimum absolute atomic E-state index is 0.234. The number of benzene rings is 1. The van der Waals surface area contributed by atoms with Crippen molar-refractivity contribution in [2.45, 2.75) is 31.8 Å². The second kappa shape index (κ2) is 6.18. The van der Waals surface area contributed by atoms with Gasteiger partial charge in [0.2, 0.25) is 5.91 Å². The lowest BCUT2D eigenvalue weighted by atomic mass is 9.78. The molecule has 2 unspecified atom stereocenters. The van der Waals surface area contributed by atoms with Gasteiger partial charge in [-0.15, -0.1) is 0 Å². The Morgan fingerprint density at radius 1 is 1.50 bits per heavy atom. The molecule has 0 radical (unpaired) electrons. The Morgan fingerprint density at radius 3 is 2.75 bits per heavy atom. The summed E-state index contributed by atoms with van der Waals surface area (Å²) in [5.74, 6) is -0.502. The van der Waals surface area contributed by atoms with E-state index in [9.17, 15) is 14.3 Å². The van der Waals surface area contributed by atoms with Crippen LogP contribution < -0.4 is 5.32 Å². The van der Waals surface area contributed by atoms with E-state index in [1.165, 1.54) is 18.2 Å².